The van der Waals surface area contributed by atoms with Gasteiger partial charge in [-0.2, -0.15) is 0 Å². The summed E-state index contributed by atoms with van der Waals surface area (Å²) < 4.78 is 51.1. The number of rotatable bonds is 5. The fraction of sp³-hybridized carbons (Fsp3) is 0.381. The van der Waals surface area contributed by atoms with Crippen molar-refractivity contribution in [3.63, 3.8) is 0 Å². The van der Waals surface area contributed by atoms with Crippen LogP contribution in [0.25, 0.3) is 0 Å². The van der Waals surface area contributed by atoms with Crippen LogP contribution < -0.4 is 9.47 Å². The smallest absolute Gasteiger partial charge is 0.266 e. The Morgan fingerprint density at radius 3 is 2.21 bits per heavy atom. The average molecular weight is 393 g/mol. The van der Waals surface area contributed by atoms with Crippen molar-refractivity contribution in [2.24, 2.45) is 0 Å². The van der Waals surface area contributed by atoms with Gasteiger partial charge in [0.05, 0.1) is 0 Å². The number of benzene rings is 2. The normalized spacial score (nSPS) is 15.4. The van der Waals surface area contributed by atoms with Crippen LogP contribution in [0.1, 0.15) is 26.7 Å². The van der Waals surface area contributed by atoms with Gasteiger partial charge in [0.2, 0.25) is 0 Å². The maximum atomic E-state index is 13.7. The zero-order chi connectivity index (χ0) is 20.3. The van der Waals surface area contributed by atoms with E-state index in [1.807, 2.05) is 0 Å². The van der Waals surface area contributed by atoms with Crippen LogP contribution in [-0.4, -0.2) is 35.6 Å². The highest BCUT2D eigenvalue weighted by Gasteiger charge is 2.36. The maximum absolute atomic E-state index is 13.7. The van der Waals surface area contributed by atoms with Gasteiger partial charge in [-0.05, 0) is 50.2 Å². The number of nitrogens with zero attached hydrogens (tertiary/aromatic N) is 1. The van der Waals surface area contributed by atoms with Crippen molar-refractivity contribution in [3.8, 4) is 11.5 Å². The Bertz CT molecular complexity index is 831. The van der Waals surface area contributed by atoms with Gasteiger partial charge in [-0.1, -0.05) is 0 Å². The molecule has 2 aromatic carbocycles. The zero-order valence-electron chi connectivity index (χ0n) is 15.8. The topological polar surface area (TPSA) is 38.8 Å². The minimum Gasteiger partial charge on any atom is -0.487 e. The molecule has 1 aliphatic rings. The van der Waals surface area contributed by atoms with Crippen LogP contribution in [0.2, 0.25) is 0 Å². The molecule has 0 radical (unpaired) electrons. The summed E-state index contributed by atoms with van der Waals surface area (Å²) >= 11 is 0. The van der Waals surface area contributed by atoms with Crippen LogP contribution in [0.15, 0.2) is 42.5 Å². The Labute approximate surface area is 161 Å². The number of carbonyl (C=O) groups is 1. The first-order valence-electron chi connectivity index (χ1n) is 9.10. The van der Waals surface area contributed by atoms with E-state index < -0.39 is 17.2 Å². The number of halogens is 3. The summed E-state index contributed by atoms with van der Waals surface area (Å²) in [6.45, 7) is 4.19. The van der Waals surface area contributed by atoms with Gasteiger partial charge in [-0.25, -0.2) is 13.2 Å². The monoisotopic (exact) mass is 393 g/mol. The molecule has 3 rings (SSSR count). The molecule has 28 heavy (non-hydrogen) atoms. The third-order valence-electron chi connectivity index (χ3n) is 4.62. The van der Waals surface area contributed by atoms with Gasteiger partial charge in [0, 0.05) is 32.0 Å². The molecular formula is C21H22F3NO3. The average Bonchev–Trinajstić information content (AvgIpc) is 2.66. The second-order valence-corrected chi connectivity index (χ2v) is 7.25. The van der Waals surface area contributed by atoms with E-state index in [1.54, 1.807) is 18.7 Å². The Morgan fingerprint density at radius 1 is 1.00 bits per heavy atom. The number of carbonyl (C=O) groups excluding carboxylic acids is 1. The van der Waals surface area contributed by atoms with E-state index in [0.29, 0.717) is 31.7 Å². The van der Waals surface area contributed by atoms with Gasteiger partial charge in [0.1, 0.15) is 23.5 Å². The lowest BCUT2D eigenvalue weighted by Crippen LogP contribution is -2.52. The molecule has 0 N–H and O–H groups in total. The molecule has 1 amide bonds. The number of piperidine rings is 1. The molecule has 0 unspecified atom stereocenters. The molecule has 7 heteroatoms. The second-order valence-electron chi connectivity index (χ2n) is 7.25. The molecule has 0 saturated carbocycles. The van der Waals surface area contributed by atoms with Crippen LogP contribution in [0.4, 0.5) is 13.2 Å². The first-order chi connectivity index (χ1) is 13.2. The summed E-state index contributed by atoms with van der Waals surface area (Å²) in [5, 5.41) is 0. The Balaban J connectivity index is 1.55. The molecule has 1 saturated heterocycles. The van der Waals surface area contributed by atoms with Crippen molar-refractivity contribution in [2.75, 3.05) is 13.1 Å². The molecule has 0 aliphatic carbocycles. The molecule has 150 valence electrons. The molecule has 0 atom stereocenters. The maximum Gasteiger partial charge on any atom is 0.266 e. The quantitative estimate of drug-likeness (QED) is 0.759. The number of amides is 1. The SMILES string of the molecule is CC(C)(Oc1ccc(F)cc1)C(=O)N1CCC(Oc2ccc(F)cc2F)CC1. The summed E-state index contributed by atoms with van der Waals surface area (Å²) in [4.78, 5) is 14.5. The van der Waals surface area contributed by atoms with Crippen molar-refractivity contribution in [2.45, 2.75) is 38.4 Å². The Morgan fingerprint density at radius 2 is 1.61 bits per heavy atom. The van der Waals surface area contributed by atoms with E-state index in [-0.39, 0.29) is 23.6 Å². The number of hydrogen-bond acceptors (Lipinski definition) is 3. The van der Waals surface area contributed by atoms with Crippen LogP contribution in [0.3, 0.4) is 0 Å². The molecule has 2 aromatic rings. The molecule has 1 heterocycles. The summed E-state index contributed by atoms with van der Waals surface area (Å²) in [6.07, 6.45) is 0.787. The Kier molecular flexibility index (Phi) is 5.82. The standard InChI is InChI=1S/C21H22F3NO3/c1-21(2,28-17-6-3-14(22)4-7-17)20(26)25-11-9-16(10-12-25)27-19-8-5-15(23)13-18(19)24/h3-8,13,16H,9-12H2,1-2H3. The third kappa shape index (κ3) is 4.77. The summed E-state index contributed by atoms with van der Waals surface area (Å²) in [5.74, 6) is -1.56. The molecule has 1 aliphatic heterocycles. The number of likely N-dealkylation sites (tertiary alicyclic amines) is 1. The molecule has 0 aromatic heterocycles. The van der Waals surface area contributed by atoms with Crippen molar-refractivity contribution in [1.82, 2.24) is 4.90 Å². The molecule has 1 fully saturated rings. The Hall–Kier alpha value is -2.70. The summed E-state index contributed by atoms with van der Waals surface area (Å²) in [6, 6.07) is 8.68. The van der Waals surface area contributed by atoms with Crippen molar-refractivity contribution >= 4 is 5.91 Å². The van der Waals surface area contributed by atoms with E-state index in [2.05, 4.69) is 0 Å². The van der Waals surface area contributed by atoms with Crippen molar-refractivity contribution < 1.29 is 27.4 Å². The van der Waals surface area contributed by atoms with E-state index in [4.69, 9.17) is 9.47 Å². The van der Waals surface area contributed by atoms with Gasteiger partial charge in [0.25, 0.3) is 5.91 Å². The second kappa shape index (κ2) is 8.12. The molecule has 4 nitrogen and oxygen atoms in total. The van der Waals surface area contributed by atoms with Crippen LogP contribution in [0, 0.1) is 17.5 Å². The van der Waals surface area contributed by atoms with E-state index in [0.717, 1.165) is 12.1 Å². The van der Waals surface area contributed by atoms with Gasteiger partial charge in [0.15, 0.2) is 17.2 Å². The lowest BCUT2D eigenvalue weighted by Gasteiger charge is -2.37. The lowest BCUT2D eigenvalue weighted by atomic mass is 10.0. The zero-order valence-corrected chi connectivity index (χ0v) is 15.8. The first-order valence-corrected chi connectivity index (χ1v) is 9.10. The largest absolute Gasteiger partial charge is 0.487 e. The van der Waals surface area contributed by atoms with Crippen molar-refractivity contribution in [1.29, 1.82) is 0 Å². The molecular weight excluding hydrogens is 371 g/mol. The summed E-state index contributed by atoms with van der Waals surface area (Å²) in [7, 11) is 0. The summed E-state index contributed by atoms with van der Waals surface area (Å²) in [5.41, 5.74) is -1.12. The molecule has 0 spiro atoms. The van der Waals surface area contributed by atoms with Crippen LogP contribution >= 0.6 is 0 Å². The molecule has 0 bridgehead atoms. The van der Waals surface area contributed by atoms with Gasteiger partial charge in [-0.3, -0.25) is 4.79 Å². The van der Waals surface area contributed by atoms with E-state index >= 15 is 0 Å². The predicted octanol–water partition coefficient (Wildman–Crippen LogP) is 4.33. The van der Waals surface area contributed by atoms with Gasteiger partial charge >= 0.3 is 0 Å². The highest BCUT2D eigenvalue weighted by atomic mass is 19.1. The van der Waals surface area contributed by atoms with Gasteiger partial charge < -0.3 is 14.4 Å². The van der Waals surface area contributed by atoms with Crippen LogP contribution in [0.5, 0.6) is 11.5 Å². The third-order valence-corrected chi connectivity index (χ3v) is 4.62. The minimum absolute atomic E-state index is 0.00569. The highest BCUT2D eigenvalue weighted by Crippen LogP contribution is 2.25. The first kappa shape index (κ1) is 20.0. The fourth-order valence-corrected chi connectivity index (χ4v) is 3.15. The number of ether oxygens (including phenoxy) is 2. The van der Waals surface area contributed by atoms with Crippen molar-refractivity contribution in [3.05, 3.63) is 59.9 Å². The van der Waals surface area contributed by atoms with Gasteiger partial charge in [-0.15, -0.1) is 0 Å². The minimum atomic E-state index is -1.12. The van der Waals surface area contributed by atoms with E-state index in [9.17, 15) is 18.0 Å². The fourth-order valence-electron chi connectivity index (χ4n) is 3.15. The predicted molar refractivity (Wildman–Crippen MR) is 97.7 cm³/mol. The number of hydrogen-bond donors (Lipinski definition) is 0. The lowest BCUT2D eigenvalue weighted by molar-refractivity contribution is -0.147. The van der Waals surface area contributed by atoms with Crippen LogP contribution in [-0.2, 0) is 4.79 Å². The highest BCUT2D eigenvalue weighted by molar-refractivity contribution is 5.85. The van der Waals surface area contributed by atoms with E-state index in [1.165, 1.54) is 30.3 Å².